The third-order valence-electron chi connectivity index (χ3n) is 3.44. The van der Waals surface area contributed by atoms with Gasteiger partial charge in [0.05, 0.1) is 0 Å². The summed E-state index contributed by atoms with van der Waals surface area (Å²) in [7, 11) is 0. The molecule has 4 rings (SSSR count). The molecule has 2 N–H and O–H groups in total. The van der Waals surface area contributed by atoms with Crippen LogP contribution in [0.5, 0.6) is 0 Å². The molecule has 2 heterocycles. The summed E-state index contributed by atoms with van der Waals surface area (Å²) in [6.45, 7) is 0. The summed E-state index contributed by atoms with van der Waals surface area (Å²) in [6.07, 6.45) is 3.93. The van der Waals surface area contributed by atoms with Gasteiger partial charge in [-0.2, -0.15) is 30.3 Å². The smallest absolute Gasteiger partial charge is 0.365 e. The van der Waals surface area contributed by atoms with E-state index in [0.717, 1.165) is 0 Å². The molecule has 4 aromatic rings. The molecule has 2 aromatic carbocycles. The Labute approximate surface area is 141 Å². The van der Waals surface area contributed by atoms with Gasteiger partial charge in [0.15, 0.2) is 0 Å². The van der Waals surface area contributed by atoms with Crippen molar-refractivity contribution in [1.29, 1.82) is 0 Å². The van der Waals surface area contributed by atoms with Gasteiger partial charge in [-0.3, -0.25) is 0 Å². The van der Waals surface area contributed by atoms with Crippen LogP contribution in [0.1, 0.15) is 22.9 Å². The Balaban J connectivity index is 0.000000253. The van der Waals surface area contributed by atoms with Crippen LogP contribution in [-0.2, 0) is 17.1 Å². The molecule has 112 valence electrons. The minimum absolute atomic E-state index is 0. The van der Waals surface area contributed by atoms with Crippen molar-refractivity contribution in [2.45, 2.75) is 5.92 Å². The normalized spacial score (nSPS) is 9.86. The zero-order chi connectivity index (χ0) is 14.3. The molecule has 22 heavy (non-hydrogen) atoms. The van der Waals surface area contributed by atoms with Gasteiger partial charge in [0, 0.05) is 29.7 Å². The van der Waals surface area contributed by atoms with Crippen LogP contribution in [0.15, 0.2) is 91.3 Å². The summed E-state index contributed by atoms with van der Waals surface area (Å²) >= 11 is 0. The molecular formula is C19H18FeN2. The number of hydrogen-bond donors (Lipinski definition) is 2. The van der Waals surface area contributed by atoms with Crippen molar-refractivity contribution in [1.82, 2.24) is 9.97 Å². The van der Waals surface area contributed by atoms with Gasteiger partial charge in [-0.25, -0.2) is 24.3 Å². The van der Waals surface area contributed by atoms with E-state index in [9.17, 15) is 0 Å². The Morgan fingerprint density at radius 1 is 0.773 bits per heavy atom. The van der Waals surface area contributed by atoms with E-state index in [1.54, 1.807) is 0 Å². The van der Waals surface area contributed by atoms with Crippen molar-refractivity contribution < 1.29 is 17.1 Å². The maximum atomic E-state index is 3.29. The predicted octanol–water partition coefficient (Wildman–Crippen LogP) is 4.64. The molecule has 0 spiro atoms. The first kappa shape index (κ1) is 16.2. The van der Waals surface area contributed by atoms with E-state index in [-0.39, 0.29) is 23.0 Å². The van der Waals surface area contributed by atoms with Crippen LogP contribution < -0.4 is 0 Å². The molecule has 3 heteroatoms. The Bertz CT molecular complexity index is 591. The Hall–Kier alpha value is -2.22. The van der Waals surface area contributed by atoms with Crippen LogP contribution in [0.3, 0.4) is 0 Å². The van der Waals surface area contributed by atoms with Crippen molar-refractivity contribution in [3.63, 3.8) is 0 Å². The van der Waals surface area contributed by atoms with Crippen molar-refractivity contribution >= 4 is 0 Å². The zero-order valence-electron chi connectivity index (χ0n) is 12.1. The molecule has 0 amide bonds. The zero-order valence-corrected chi connectivity index (χ0v) is 13.2. The van der Waals surface area contributed by atoms with Crippen LogP contribution in [0.25, 0.3) is 0 Å². The molecule has 0 saturated heterocycles. The van der Waals surface area contributed by atoms with Gasteiger partial charge in [-0.05, 0) is 24.3 Å². The number of hydrogen-bond acceptors (Lipinski definition) is 0. The van der Waals surface area contributed by atoms with Crippen molar-refractivity contribution in [3.8, 4) is 0 Å². The molecule has 0 aliphatic heterocycles. The summed E-state index contributed by atoms with van der Waals surface area (Å²) in [5.41, 5.74) is 3.74. The number of nitrogens with one attached hydrogen (secondary N) is 2. The second kappa shape index (κ2) is 8.28. The minimum Gasteiger partial charge on any atom is -0.365 e. The summed E-state index contributed by atoms with van der Waals surface area (Å²) < 4.78 is 0. The van der Waals surface area contributed by atoms with Crippen molar-refractivity contribution in [2.24, 2.45) is 0 Å². The largest absolute Gasteiger partial charge is 2.00 e. The molecule has 0 fully saturated rings. The molecule has 2 nitrogen and oxygen atoms in total. The fourth-order valence-corrected chi connectivity index (χ4v) is 2.48. The van der Waals surface area contributed by atoms with E-state index in [1.807, 2.05) is 54.9 Å². The van der Waals surface area contributed by atoms with Gasteiger partial charge in [0.1, 0.15) is 0 Å². The summed E-state index contributed by atoms with van der Waals surface area (Å²) in [5.74, 6) is 0.278. The minimum atomic E-state index is 0. The molecule has 2 aromatic heterocycles. The number of aromatic nitrogens is 2. The van der Waals surface area contributed by atoms with Gasteiger partial charge in [0.2, 0.25) is 0 Å². The van der Waals surface area contributed by atoms with Crippen molar-refractivity contribution in [3.05, 3.63) is 108 Å². The SMILES string of the molecule is [Fe+2].c1c[nH]c(C(c2ccc[nH]2)[c-]2cccc2)c1.c1cc[cH-]c1. The van der Waals surface area contributed by atoms with E-state index in [2.05, 4.69) is 46.4 Å². The average Bonchev–Trinajstić information content (AvgIpc) is 3.32. The topological polar surface area (TPSA) is 31.6 Å². The molecule has 0 unspecified atom stereocenters. The fraction of sp³-hybridized carbons (Fsp3) is 0.0526. The summed E-state index contributed by atoms with van der Waals surface area (Å²) in [6, 6.07) is 26.8. The Kier molecular flexibility index (Phi) is 6.08. The van der Waals surface area contributed by atoms with Crippen LogP contribution in [0.4, 0.5) is 0 Å². The van der Waals surface area contributed by atoms with Gasteiger partial charge in [-0.1, -0.05) is 0 Å². The summed E-state index contributed by atoms with van der Waals surface area (Å²) in [4.78, 5) is 6.59. The van der Waals surface area contributed by atoms with Crippen LogP contribution in [0.2, 0.25) is 0 Å². The van der Waals surface area contributed by atoms with Gasteiger partial charge >= 0.3 is 17.1 Å². The second-order valence-corrected chi connectivity index (χ2v) is 4.86. The van der Waals surface area contributed by atoms with Crippen LogP contribution in [0, 0.1) is 0 Å². The monoisotopic (exact) mass is 330 g/mol. The number of rotatable bonds is 3. The number of aromatic amines is 2. The van der Waals surface area contributed by atoms with E-state index < -0.39 is 0 Å². The van der Waals surface area contributed by atoms with E-state index in [4.69, 9.17) is 0 Å². The van der Waals surface area contributed by atoms with Crippen LogP contribution in [-0.4, -0.2) is 9.97 Å². The Morgan fingerprint density at radius 3 is 1.68 bits per heavy atom. The standard InChI is InChI=1S/C14H13N2.C5H5.Fe/c1-2-6-11(5-1)14(12-7-3-9-15-12)13-8-4-10-16-13;1-2-4-5-3-1;/h1-10,14-16H;1-5H;/q2*-1;+2. The van der Waals surface area contributed by atoms with E-state index in [1.165, 1.54) is 17.0 Å². The molecule has 0 saturated carbocycles. The maximum Gasteiger partial charge on any atom is 2.00 e. The van der Waals surface area contributed by atoms with Gasteiger partial charge in [-0.15, -0.1) is 5.56 Å². The Morgan fingerprint density at radius 2 is 1.32 bits per heavy atom. The first-order valence-electron chi connectivity index (χ1n) is 7.10. The first-order valence-corrected chi connectivity index (χ1v) is 7.10. The van der Waals surface area contributed by atoms with E-state index in [0.29, 0.717) is 0 Å². The van der Waals surface area contributed by atoms with E-state index >= 15 is 0 Å². The molecule has 0 bridgehead atoms. The second-order valence-electron chi connectivity index (χ2n) is 4.86. The quantitative estimate of drug-likeness (QED) is 0.405. The van der Waals surface area contributed by atoms with Crippen LogP contribution >= 0.6 is 0 Å². The number of H-pyrrole nitrogens is 2. The molecule has 0 atom stereocenters. The predicted molar refractivity (Wildman–Crippen MR) is 86.6 cm³/mol. The maximum absolute atomic E-state index is 3.29. The summed E-state index contributed by atoms with van der Waals surface area (Å²) in [5, 5.41) is 0. The molecular weight excluding hydrogens is 312 g/mol. The molecule has 0 aliphatic carbocycles. The van der Waals surface area contributed by atoms with Gasteiger partial charge < -0.3 is 9.97 Å². The fourth-order valence-electron chi connectivity index (χ4n) is 2.48. The molecule has 0 radical (unpaired) electrons. The first-order chi connectivity index (χ1) is 10.4. The third-order valence-corrected chi connectivity index (χ3v) is 3.44. The third kappa shape index (κ3) is 3.91. The average molecular weight is 330 g/mol. The van der Waals surface area contributed by atoms with Crippen molar-refractivity contribution in [2.75, 3.05) is 0 Å². The van der Waals surface area contributed by atoms with Gasteiger partial charge in [0.25, 0.3) is 0 Å². The molecule has 0 aliphatic rings.